The maximum absolute atomic E-state index is 13.3. The molecule has 0 fully saturated rings. The van der Waals surface area contributed by atoms with Crippen molar-refractivity contribution in [3.63, 3.8) is 0 Å². The molecular formula is C12H12FN3OS. The van der Waals surface area contributed by atoms with Crippen molar-refractivity contribution in [2.45, 2.75) is 11.3 Å². The maximum Gasteiger partial charge on any atom is 0.225 e. The molecule has 1 aromatic carbocycles. The summed E-state index contributed by atoms with van der Waals surface area (Å²) in [6.45, 7) is 0. The number of thioether (sulfide) groups is 1. The summed E-state index contributed by atoms with van der Waals surface area (Å²) in [5.41, 5.74) is 0.635. The van der Waals surface area contributed by atoms with Crippen LogP contribution in [0.25, 0.3) is 0 Å². The van der Waals surface area contributed by atoms with E-state index in [1.807, 2.05) is 0 Å². The second-order valence-corrected chi connectivity index (χ2v) is 4.70. The molecule has 2 aromatic rings. The Bertz CT molecular complexity index is 516. The number of nitrogens with zero attached hydrogens (tertiary/aromatic N) is 1. The largest absolute Gasteiger partial charge is 0.323 e. The van der Waals surface area contributed by atoms with Crippen LogP contribution >= 0.6 is 11.8 Å². The van der Waals surface area contributed by atoms with Crippen molar-refractivity contribution < 1.29 is 9.18 Å². The van der Waals surface area contributed by atoms with Gasteiger partial charge in [-0.2, -0.15) is 5.10 Å². The molecule has 94 valence electrons. The monoisotopic (exact) mass is 265 g/mol. The molecule has 0 saturated heterocycles. The van der Waals surface area contributed by atoms with Gasteiger partial charge in [0.2, 0.25) is 5.91 Å². The third-order valence-corrected chi connectivity index (χ3v) is 3.26. The lowest BCUT2D eigenvalue weighted by Gasteiger charge is -2.03. The van der Waals surface area contributed by atoms with Gasteiger partial charge < -0.3 is 5.32 Å². The molecular weight excluding hydrogens is 253 g/mol. The predicted molar refractivity (Wildman–Crippen MR) is 69.0 cm³/mol. The Morgan fingerprint density at radius 3 is 3.00 bits per heavy atom. The first-order valence-corrected chi connectivity index (χ1v) is 6.40. The molecule has 1 heterocycles. The fourth-order valence-electron chi connectivity index (χ4n) is 1.36. The summed E-state index contributed by atoms with van der Waals surface area (Å²) in [5.74, 6) is 0.169. The number of benzene rings is 1. The van der Waals surface area contributed by atoms with E-state index in [2.05, 4.69) is 15.5 Å². The quantitative estimate of drug-likeness (QED) is 0.817. The van der Waals surface area contributed by atoms with Crippen LogP contribution in [0.3, 0.4) is 0 Å². The van der Waals surface area contributed by atoms with Gasteiger partial charge in [-0.15, -0.1) is 11.8 Å². The highest BCUT2D eigenvalue weighted by molar-refractivity contribution is 7.99. The predicted octanol–water partition coefficient (Wildman–Crippen LogP) is 2.67. The summed E-state index contributed by atoms with van der Waals surface area (Å²) < 4.78 is 13.3. The van der Waals surface area contributed by atoms with Gasteiger partial charge in [0.1, 0.15) is 5.82 Å². The van der Waals surface area contributed by atoms with E-state index in [1.54, 1.807) is 24.4 Å². The fraction of sp³-hybridized carbons (Fsp3) is 0.167. The number of amides is 1. The molecule has 0 atom stereocenters. The van der Waals surface area contributed by atoms with Crippen LogP contribution in [-0.4, -0.2) is 21.9 Å². The van der Waals surface area contributed by atoms with Crippen molar-refractivity contribution in [2.24, 2.45) is 0 Å². The van der Waals surface area contributed by atoms with Gasteiger partial charge >= 0.3 is 0 Å². The zero-order valence-electron chi connectivity index (χ0n) is 9.52. The van der Waals surface area contributed by atoms with Crippen LogP contribution in [0.15, 0.2) is 41.6 Å². The Kier molecular flexibility index (Phi) is 4.35. The van der Waals surface area contributed by atoms with E-state index in [0.717, 1.165) is 0 Å². The number of H-pyrrole nitrogens is 1. The third kappa shape index (κ3) is 3.59. The van der Waals surface area contributed by atoms with Crippen LogP contribution < -0.4 is 5.32 Å². The normalized spacial score (nSPS) is 10.3. The first-order valence-electron chi connectivity index (χ1n) is 5.41. The molecule has 1 amide bonds. The minimum atomic E-state index is -0.252. The highest BCUT2D eigenvalue weighted by Crippen LogP contribution is 2.21. The Morgan fingerprint density at radius 1 is 1.44 bits per heavy atom. The molecule has 1 aromatic heterocycles. The molecule has 0 aliphatic rings. The molecule has 0 aliphatic carbocycles. The molecule has 0 aliphatic heterocycles. The summed E-state index contributed by atoms with van der Waals surface area (Å²) in [7, 11) is 0. The van der Waals surface area contributed by atoms with E-state index in [1.165, 1.54) is 24.0 Å². The maximum atomic E-state index is 13.3. The number of halogens is 1. The van der Waals surface area contributed by atoms with Gasteiger partial charge in [-0.3, -0.25) is 9.89 Å². The van der Waals surface area contributed by atoms with E-state index in [9.17, 15) is 9.18 Å². The zero-order valence-corrected chi connectivity index (χ0v) is 10.3. The van der Waals surface area contributed by atoms with Crippen LogP contribution in [-0.2, 0) is 4.79 Å². The number of carbonyl (C=O) groups excluding carboxylic acids is 1. The number of aromatic nitrogens is 2. The van der Waals surface area contributed by atoms with Crippen LogP contribution in [0.2, 0.25) is 0 Å². The Morgan fingerprint density at radius 2 is 2.28 bits per heavy atom. The summed E-state index contributed by atoms with van der Waals surface area (Å²) in [6.07, 6.45) is 3.45. The van der Waals surface area contributed by atoms with E-state index >= 15 is 0 Å². The topological polar surface area (TPSA) is 57.8 Å². The van der Waals surface area contributed by atoms with E-state index in [0.29, 0.717) is 22.8 Å². The lowest BCUT2D eigenvalue weighted by atomic mass is 10.3. The number of hydrogen-bond acceptors (Lipinski definition) is 3. The molecule has 4 nitrogen and oxygen atoms in total. The van der Waals surface area contributed by atoms with Gasteiger partial charge in [0.25, 0.3) is 0 Å². The summed E-state index contributed by atoms with van der Waals surface area (Å²) in [6, 6.07) is 6.53. The number of rotatable bonds is 5. The van der Waals surface area contributed by atoms with Crippen LogP contribution in [0.5, 0.6) is 0 Å². The highest BCUT2D eigenvalue weighted by Gasteiger charge is 2.05. The van der Waals surface area contributed by atoms with E-state index in [4.69, 9.17) is 0 Å². The van der Waals surface area contributed by atoms with Gasteiger partial charge in [-0.05, 0) is 12.1 Å². The summed E-state index contributed by atoms with van der Waals surface area (Å²) >= 11 is 1.33. The third-order valence-electron chi connectivity index (χ3n) is 2.21. The molecule has 2 rings (SSSR count). The van der Waals surface area contributed by atoms with Gasteiger partial charge in [0, 0.05) is 23.3 Å². The van der Waals surface area contributed by atoms with E-state index in [-0.39, 0.29) is 11.7 Å². The van der Waals surface area contributed by atoms with Crippen LogP contribution in [0.1, 0.15) is 6.42 Å². The lowest BCUT2D eigenvalue weighted by Crippen LogP contribution is -2.11. The number of hydrogen-bond donors (Lipinski definition) is 2. The van der Waals surface area contributed by atoms with Gasteiger partial charge in [-0.1, -0.05) is 12.1 Å². The number of aromatic amines is 1. The molecule has 6 heteroatoms. The SMILES string of the molecule is O=C(CCSc1ccccc1F)Nc1cn[nH]c1. The lowest BCUT2D eigenvalue weighted by molar-refractivity contribution is -0.115. The molecule has 2 N–H and O–H groups in total. The Hall–Kier alpha value is -1.82. The molecule has 0 unspecified atom stereocenters. The van der Waals surface area contributed by atoms with Crippen LogP contribution in [0, 0.1) is 5.82 Å². The second-order valence-electron chi connectivity index (χ2n) is 3.56. The van der Waals surface area contributed by atoms with Crippen molar-refractivity contribution in [1.29, 1.82) is 0 Å². The first kappa shape index (κ1) is 12.6. The first-order chi connectivity index (χ1) is 8.75. The van der Waals surface area contributed by atoms with Gasteiger partial charge in [-0.25, -0.2) is 4.39 Å². The fourth-order valence-corrected chi connectivity index (χ4v) is 2.25. The van der Waals surface area contributed by atoms with Crippen LogP contribution in [0.4, 0.5) is 10.1 Å². The number of anilines is 1. The van der Waals surface area contributed by atoms with Crippen molar-refractivity contribution in [3.05, 3.63) is 42.5 Å². The van der Waals surface area contributed by atoms with Crippen molar-refractivity contribution in [2.75, 3.05) is 11.1 Å². The van der Waals surface area contributed by atoms with E-state index < -0.39 is 0 Å². The standard InChI is InChI=1S/C12H12FN3OS/c13-10-3-1-2-4-11(10)18-6-5-12(17)16-9-7-14-15-8-9/h1-4,7-8H,5-6H2,(H,14,15)(H,16,17). The van der Waals surface area contributed by atoms with Crippen molar-refractivity contribution in [1.82, 2.24) is 10.2 Å². The Labute approximate surface area is 108 Å². The number of nitrogens with one attached hydrogen (secondary N) is 2. The van der Waals surface area contributed by atoms with Gasteiger partial charge in [0.05, 0.1) is 11.9 Å². The summed E-state index contributed by atoms with van der Waals surface area (Å²) in [4.78, 5) is 12.1. The minimum Gasteiger partial charge on any atom is -0.323 e. The molecule has 0 radical (unpaired) electrons. The Balaban J connectivity index is 1.75. The summed E-state index contributed by atoms with van der Waals surface area (Å²) in [5, 5.41) is 9.01. The van der Waals surface area contributed by atoms with Crippen molar-refractivity contribution >= 4 is 23.4 Å². The smallest absolute Gasteiger partial charge is 0.225 e. The number of carbonyl (C=O) groups is 1. The second kappa shape index (κ2) is 6.20. The highest BCUT2D eigenvalue weighted by atomic mass is 32.2. The van der Waals surface area contributed by atoms with Gasteiger partial charge in [0.15, 0.2) is 0 Å². The van der Waals surface area contributed by atoms with Crippen molar-refractivity contribution in [3.8, 4) is 0 Å². The molecule has 0 spiro atoms. The average Bonchev–Trinajstić information content (AvgIpc) is 2.84. The minimum absolute atomic E-state index is 0.111. The molecule has 18 heavy (non-hydrogen) atoms. The molecule has 0 bridgehead atoms. The molecule has 0 saturated carbocycles. The average molecular weight is 265 g/mol. The zero-order chi connectivity index (χ0) is 12.8.